The van der Waals surface area contributed by atoms with Gasteiger partial charge in [-0.3, -0.25) is 9.59 Å². The van der Waals surface area contributed by atoms with Gasteiger partial charge in [0.2, 0.25) is 0 Å². The smallest absolute Gasteiger partial charge is 0.314 e. The maximum atomic E-state index is 12.6. The Bertz CT molecular complexity index is 728. The van der Waals surface area contributed by atoms with E-state index in [-0.39, 0.29) is 6.61 Å². The largest absolute Gasteiger partial charge is 0.466 e. The highest BCUT2D eigenvalue weighted by Gasteiger charge is 2.53. The van der Waals surface area contributed by atoms with Gasteiger partial charge in [-0.25, -0.2) is 0 Å². The van der Waals surface area contributed by atoms with Gasteiger partial charge in [0.05, 0.1) is 12.7 Å². The minimum atomic E-state index is -1.14. The van der Waals surface area contributed by atoms with Crippen LogP contribution in [-0.4, -0.2) is 23.7 Å². The number of hydrogen-bond acceptors (Lipinski definition) is 5. The average Bonchev–Trinajstić information content (AvgIpc) is 3.00. The number of carbonyl (C=O) groups excluding carboxylic acids is 2. The van der Waals surface area contributed by atoms with E-state index in [1.54, 1.807) is 43.3 Å². The normalized spacial score (nSPS) is 23.8. The highest BCUT2D eigenvalue weighted by atomic mass is 16.6. The van der Waals surface area contributed by atoms with Gasteiger partial charge in [0.15, 0.2) is 0 Å². The van der Waals surface area contributed by atoms with Gasteiger partial charge in [0.1, 0.15) is 17.9 Å². The summed E-state index contributed by atoms with van der Waals surface area (Å²) < 4.78 is 10.6. The third kappa shape index (κ3) is 3.42. The van der Waals surface area contributed by atoms with Gasteiger partial charge in [-0.05, 0) is 18.1 Å². The van der Waals surface area contributed by atoms with Crippen molar-refractivity contribution in [1.82, 2.24) is 0 Å². The molecule has 0 saturated carbocycles. The van der Waals surface area contributed by atoms with Crippen LogP contribution >= 0.6 is 0 Å². The van der Waals surface area contributed by atoms with Crippen LogP contribution in [0.2, 0.25) is 0 Å². The fourth-order valence-electron chi connectivity index (χ4n) is 3.22. The molecule has 130 valence electrons. The van der Waals surface area contributed by atoms with Crippen molar-refractivity contribution in [2.75, 3.05) is 6.61 Å². The van der Waals surface area contributed by atoms with Crippen molar-refractivity contribution in [2.45, 2.75) is 19.1 Å². The second-order valence-electron chi connectivity index (χ2n) is 5.93. The van der Waals surface area contributed by atoms with Crippen molar-refractivity contribution in [1.29, 1.82) is 0 Å². The van der Waals surface area contributed by atoms with Gasteiger partial charge in [0, 0.05) is 0 Å². The molecule has 1 fully saturated rings. The lowest BCUT2D eigenvalue weighted by atomic mass is 9.81. The van der Waals surface area contributed by atoms with E-state index in [2.05, 4.69) is 0 Å². The molecular formula is C20H20O5. The number of cyclic esters (lactones) is 1. The van der Waals surface area contributed by atoms with E-state index in [4.69, 9.17) is 9.47 Å². The monoisotopic (exact) mass is 340 g/mol. The Morgan fingerprint density at radius 3 is 2.32 bits per heavy atom. The highest BCUT2D eigenvalue weighted by molar-refractivity contribution is 5.86. The quantitative estimate of drug-likeness (QED) is 0.848. The molecule has 5 heteroatoms. The van der Waals surface area contributed by atoms with Gasteiger partial charge in [-0.15, -0.1) is 0 Å². The molecular weight excluding hydrogens is 320 g/mol. The number of aliphatic hydroxyl groups excluding tert-OH is 1. The van der Waals surface area contributed by atoms with Crippen LogP contribution in [0.25, 0.3) is 0 Å². The lowest BCUT2D eigenvalue weighted by Gasteiger charge is -2.23. The molecule has 1 aliphatic rings. The first kappa shape index (κ1) is 17.2. The zero-order chi connectivity index (χ0) is 17.8. The van der Waals surface area contributed by atoms with E-state index in [0.29, 0.717) is 11.1 Å². The predicted octanol–water partition coefficient (Wildman–Crippen LogP) is 2.81. The molecule has 0 spiro atoms. The Labute approximate surface area is 146 Å². The van der Waals surface area contributed by atoms with Crippen LogP contribution in [0.1, 0.15) is 30.3 Å². The standard InChI is InChI=1S/C20H20O5/c1-2-24-19(22)16-15(17(21)13-9-5-3-6-10-13)20(23)25-18(16)14-11-7-4-8-12-14/h3-12,15-18,21H,2H2,1H3/t15-,16+,17-,18+/m1/s1. The summed E-state index contributed by atoms with van der Waals surface area (Å²) in [6.45, 7) is 1.90. The van der Waals surface area contributed by atoms with Crippen molar-refractivity contribution in [3.63, 3.8) is 0 Å². The molecule has 5 nitrogen and oxygen atoms in total. The van der Waals surface area contributed by atoms with E-state index >= 15 is 0 Å². The number of benzene rings is 2. The zero-order valence-electron chi connectivity index (χ0n) is 13.9. The maximum absolute atomic E-state index is 12.6. The van der Waals surface area contributed by atoms with E-state index < -0.39 is 36.0 Å². The number of carbonyl (C=O) groups is 2. The first-order chi connectivity index (χ1) is 12.1. The summed E-state index contributed by atoms with van der Waals surface area (Å²) in [5.41, 5.74) is 1.27. The number of rotatable bonds is 5. The Kier molecular flexibility index (Phi) is 5.14. The zero-order valence-corrected chi connectivity index (χ0v) is 13.9. The Morgan fingerprint density at radius 2 is 1.72 bits per heavy atom. The van der Waals surface area contributed by atoms with Crippen molar-refractivity contribution < 1.29 is 24.2 Å². The molecule has 0 unspecified atom stereocenters. The van der Waals surface area contributed by atoms with E-state index in [0.717, 1.165) is 0 Å². The van der Waals surface area contributed by atoms with Crippen LogP contribution in [0, 0.1) is 11.8 Å². The molecule has 4 atom stereocenters. The first-order valence-corrected chi connectivity index (χ1v) is 8.28. The van der Waals surface area contributed by atoms with Crippen molar-refractivity contribution in [3.8, 4) is 0 Å². The Hall–Kier alpha value is -2.66. The van der Waals surface area contributed by atoms with Gasteiger partial charge in [-0.1, -0.05) is 60.7 Å². The lowest BCUT2D eigenvalue weighted by Crippen LogP contribution is -2.31. The van der Waals surface area contributed by atoms with Gasteiger partial charge >= 0.3 is 11.9 Å². The van der Waals surface area contributed by atoms with Gasteiger partial charge < -0.3 is 14.6 Å². The molecule has 1 saturated heterocycles. The summed E-state index contributed by atoms with van der Waals surface area (Å²) in [4.78, 5) is 25.1. The molecule has 0 aromatic heterocycles. The third-order valence-corrected chi connectivity index (χ3v) is 4.40. The van der Waals surface area contributed by atoms with E-state index in [1.807, 2.05) is 24.3 Å². The van der Waals surface area contributed by atoms with Crippen molar-refractivity contribution >= 4 is 11.9 Å². The van der Waals surface area contributed by atoms with Crippen molar-refractivity contribution in [2.24, 2.45) is 11.8 Å². The topological polar surface area (TPSA) is 72.8 Å². The average molecular weight is 340 g/mol. The summed E-state index contributed by atoms with van der Waals surface area (Å²) in [7, 11) is 0. The number of aliphatic hydroxyl groups is 1. The molecule has 2 aromatic carbocycles. The summed E-state index contributed by atoms with van der Waals surface area (Å²) >= 11 is 0. The molecule has 3 rings (SSSR count). The molecule has 1 aliphatic heterocycles. The fourth-order valence-corrected chi connectivity index (χ4v) is 3.22. The molecule has 1 N–H and O–H groups in total. The SMILES string of the molecule is CCOC(=O)[C@H]1[C@H]([C@H](O)c2ccccc2)C(=O)O[C@H]1c1ccccc1. The van der Waals surface area contributed by atoms with Crippen LogP contribution in [0.4, 0.5) is 0 Å². The number of esters is 2. The molecule has 25 heavy (non-hydrogen) atoms. The minimum Gasteiger partial charge on any atom is -0.466 e. The Morgan fingerprint density at radius 1 is 1.12 bits per heavy atom. The second kappa shape index (κ2) is 7.49. The predicted molar refractivity (Wildman–Crippen MR) is 90.3 cm³/mol. The second-order valence-corrected chi connectivity index (χ2v) is 5.93. The van der Waals surface area contributed by atoms with Crippen LogP contribution in [0.3, 0.4) is 0 Å². The van der Waals surface area contributed by atoms with Crippen molar-refractivity contribution in [3.05, 3.63) is 71.8 Å². The molecule has 0 radical (unpaired) electrons. The minimum absolute atomic E-state index is 0.194. The van der Waals surface area contributed by atoms with E-state index in [9.17, 15) is 14.7 Å². The van der Waals surface area contributed by atoms with Crippen LogP contribution in [0.15, 0.2) is 60.7 Å². The molecule has 0 amide bonds. The number of hydrogen-bond donors (Lipinski definition) is 1. The lowest BCUT2D eigenvalue weighted by molar-refractivity contribution is -0.153. The van der Waals surface area contributed by atoms with Crippen LogP contribution in [-0.2, 0) is 19.1 Å². The molecule has 0 aliphatic carbocycles. The first-order valence-electron chi connectivity index (χ1n) is 8.28. The summed E-state index contributed by atoms with van der Waals surface area (Å²) in [5.74, 6) is -3.04. The van der Waals surface area contributed by atoms with Gasteiger partial charge in [0.25, 0.3) is 0 Å². The molecule has 2 aromatic rings. The summed E-state index contributed by atoms with van der Waals surface area (Å²) in [6.07, 6.45) is -1.91. The summed E-state index contributed by atoms with van der Waals surface area (Å²) in [5, 5.41) is 10.7. The third-order valence-electron chi connectivity index (χ3n) is 4.40. The summed E-state index contributed by atoms with van der Waals surface area (Å²) in [6, 6.07) is 17.8. The van der Waals surface area contributed by atoms with E-state index in [1.165, 1.54) is 0 Å². The fraction of sp³-hybridized carbons (Fsp3) is 0.300. The number of ether oxygens (including phenoxy) is 2. The maximum Gasteiger partial charge on any atom is 0.314 e. The Balaban J connectivity index is 1.98. The van der Waals surface area contributed by atoms with Crippen LogP contribution in [0.5, 0.6) is 0 Å². The van der Waals surface area contributed by atoms with Crippen LogP contribution < -0.4 is 0 Å². The highest BCUT2D eigenvalue weighted by Crippen LogP contribution is 2.45. The molecule has 1 heterocycles. The van der Waals surface area contributed by atoms with Gasteiger partial charge in [-0.2, -0.15) is 0 Å². The molecule has 0 bridgehead atoms.